The molecular formula is C15H28N2O. The number of amides is 1. The minimum Gasteiger partial charge on any atom is -0.323 e. The predicted octanol–water partition coefficient (Wildman–Crippen LogP) is 2.76. The first kappa shape index (κ1) is 13.9. The summed E-state index contributed by atoms with van der Waals surface area (Å²) in [7, 11) is 0. The van der Waals surface area contributed by atoms with Crippen molar-refractivity contribution in [2.45, 2.75) is 78.0 Å². The lowest BCUT2D eigenvalue weighted by Crippen LogP contribution is -2.40. The molecule has 104 valence electrons. The van der Waals surface area contributed by atoms with Crippen LogP contribution in [0.2, 0.25) is 0 Å². The molecule has 3 heteroatoms. The third-order valence-corrected chi connectivity index (χ3v) is 4.25. The summed E-state index contributed by atoms with van der Waals surface area (Å²) in [6, 6.07) is 0.599. The number of hydrogen-bond donors (Lipinski definition) is 1. The quantitative estimate of drug-likeness (QED) is 0.788. The van der Waals surface area contributed by atoms with E-state index < -0.39 is 0 Å². The van der Waals surface area contributed by atoms with Crippen LogP contribution < -0.4 is 5.32 Å². The predicted molar refractivity (Wildman–Crippen MR) is 74.1 cm³/mol. The van der Waals surface area contributed by atoms with Crippen LogP contribution in [0.1, 0.15) is 59.8 Å². The molecule has 2 fully saturated rings. The zero-order valence-electron chi connectivity index (χ0n) is 12.3. The van der Waals surface area contributed by atoms with Gasteiger partial charge in [0, 0.05) is 6.04 Å². The number of hydrogen-bond acceptors (Lipinski definition) is 2. The molecule has 1 heterocycles. The van der Waals surface area contributed by atoms with Crippen molar-refractivity contribution in [2.24, 2.45) is 11.8 Å². The van der Waals surface area contributed by atoms with Crippen LogP contribution in [0.3, 0.4) is 0 Å². The van der Waals surface area contributed by atoms with Gasteiger partial charge in [-0.3, -0.25) is 10.1 Å². The highest BCUT2D eigenvalue weighted by molar-refractivity contribution is 5.85. The Morgan fingerprint density at radius 3 is 2.61 bits per heavy atom. The van der Waals surface area contributed by atoms with Gasteiger partial charge in [0.2, 0.25) is 5.91 Å². The number of nitrogens with one attached hydrogen (secondary N) is 1. The fourth-order valence-corrected chi connectivity index (χ4v) is 3.05. The molecule has 4 atom stereocenters. The second-order valence-electron chi connectivity index (χ2n) is 6.53. The van der Waals surface area contributed by atoms with Crippen molar-refractivity contribution in [1.29, 1.82) is 0 Å². The van der Waals surface area contributed by atoms with Gasteiger partial charge in [-0.05, 0) is 31.1 Å². The van der Waals surface area contributed by atoms with Gasteiger partial charge in [-0.15, -0.1) is 0 Å². The van der Waals surface area contributed by atoms with Gasteiger partial charge in [0.15, 0.2) is 0 Å². The molecule has 1 saturated heterocycles. The molecule has 0 aromatic heterocycles. The number of carbonyl (C=O) groups excluding carboxylic acids is 1. The van der Waals surface area contributed by atoms with E-state index in [1.807, 2.05) is 0 Å². The van der Waals surface area contributed by atoms with Crippen LogP contribution in [-0.2, 0) is 4.79 Å². The Bertz CT molecular complexity index is 303. The highest BCUT2D eigenvalue weighted by atomic mass is 16.2. The third-order valence-electron chi connectivity index (χ3n) is 4.25. The van der Waals surface area contributed by atoms with Gasteiger partial charge in [0.05, 0.1) is 12.2 Å². The molecule has 2 rings (SSSR count). The van der Waals surface area contributed by atoms with Crippen molar-refractivity contribution in [3.8, 4) is 0 Å². The van der Waals surface area contributed by atoms with Crippen LogP contribution in [0.5, 0.6) is 0 Å². The molecule has 0 radical (unpaired) electrons. The molecule has 4 unspecified atom stereocenters. The van der Waals surface area contributed by atoms with Crippen LogP contribution >= 0.6 is 0 Å². The maximum Gasteiger partial charge on any atom is 0.241 e. The molecule has 1 aliphatic heterocycles. The van der Waals surface area contributed by atoms with Gasteiger partial charge >= 0.3 is 0 Å². The summed E-state index contributed by atoms with van der Waals surface area (Å²) in [4.78, 5) is 14.7. The molecule has 1 amide bonds. The van der Waals surface area contributed by atoms with E-state index in [1.54, 1.807) is 0 Å². The van der Waals surface area contributed by atoms with Gasteiger partial charge in [-0.25, -0.2) is 0 Å². The SMILES string of the molecule is CCCCC1NC(CC(C)C)N(C2CC2C)C1=O. The number of rotatable bonds is 6. The van der Waals surface area contributed by atoms with Crippen LogP contribution in [0, 0.1) is 11.8 Å². The van der Waals surface area contributed by atoms with Crippen molar-refractivity contribution in [2.75, 3.05) is 0 Å². The summed E-state index contributed by atoms with van der Waals surface area (Å²) < 4.78 is 0. The Hall–Kier alpha value is -0.570. The minimum absolute atomic E-state index is 0.0847. The first-order chi connectivity index (χ1) is 8.54. The van der Waals surface area contributed by atoms with Crippen molar-refractivity contribution in [1.82, 2.24) is 10.2 Å². The third kappa shape index (κ3) is 2.87. The minimum atomic E-state index is 0.0847. The van der Waals surface area contributed by atoms with E-state index in [9.17, 15) is 4.79 Å². The lowest BCUT2D eigenvalue weighted by Gasteiger charge is -2.25. The Kier molecular flexibility index (Phi) is 4.31. The normalized spacial score (nSPS) is 35.6. The molecule has 0 spiro atoms. The van der Waals surface area contributed by atoms with Crippen LogP contribution in [0.25, 0.3) is 0 Å². The van der Waals surface area contributed by atoms with E-state index in [-0.39, 0.29) is 12.2 Å². The van der Waals surface area contributed by atoms with Crippen molar-refractivity contribution >= 4 is 5.91 Å². The fourth-order valence-electron chi connectivity index (χ4n) is 3.05. The Morgan fingerprint density at radius 2 is 2.11 bits per heavy atom. The Morgan fingerprint density at radius 1 is 1.44 bits per heavy atom. The van der Waals surface area contributed by atoms with Crippen LogP contribution in [0.4, 0.5) is 0 Å². The fraction of sp³-hybridized carbons (Fsp3) is 0.933. The Balaban J connectivity index is 2.01. The van der Waals surface area contributed by atoms with E-state index in [2.05, 4.69) is 37.9 Å². The molecule has 1 aliphatic carbocycles. The highest BCUT2D eigenvalue weighted by Crippen LogP contribution is 2.39. The van der Waals surface area contributed by atoms with E-state index in [1.165, 1.54) is 12.8 Å². The lowest BCUT2D eigenvalue weighted by molar-refractivity contribution is -0.131. The zero-order valence-corrected chi connectivity index (χ0v) is 12.3. The first-order valence-corrected chi connectivity index (χ1v) is 7.62. The number of nitrogens with zero attached hydrogens (tertiary/aromatic N) is 1. The van der Waals surface area contributed by atoms with Gasteiger partial charge in [0.25, 0.3) is 0 Å². The molecule has 2 aliphatic rings. The summed E-state index contributed by atoms with van der Waals surface area (Å²) in [6.07, 6.45) is 5.88. The summed E-state index contributed by atoms with van der Waals surface area (Å²) in [5, 5.41) is 3.58. The van der Waals surface area contributed by atoms with Gasteiger partial charge in [0.1, 0.15) is 0 Å². The molecule has 0 aromatic rings. The molecular weight excluding hydrogens is 224 g/mol. The van der Waals surface area contributed by atoms with E-state index in [0.717, 1.165) is 19.3 Å². The zero-order chi connectivity index (χ0) is 13.3. The number of unbranched alkanes of at least 4 members (excludes halogenated alkanes) is 1. The van der Waals surface area contributed by atoms with E-state index >= 15 is 0 Å². The highest BCUT2D eigenvalue weighted by Gasteiger charge is 2.49. The second kappa shape index (κ2) is 5.60. The van der Waals surface area contributed by atoms with Crippen molar-refractivity contribution < 1.29 is 4.79 Å². The van der Waals surface area contributed by atoms with E-state index in [0.29, 0.717) is 23.8 Å². The average Bonchev–Trinajstić information content (AvgIpc) is 2.91. The molecule has 1 N–H and O–H groups in total. The molecule has 0 aromatic carbocycles. The van der Waals surface area contributed by atoms with Crippen molar-refractivity contribution in [3.63, 3.8) is 0 Å². The maximum absolute atomic E-state index is 12.5. The first-order valence-electron chi connectivity index (χ1n) is 7.62. The molecule has 3 nitrogen and oxygen atoms in total. The summed E-state index contributed by atoms with van der Waals surface area (Å²) in [5.41, 5.74) is 0. The van der Waals surface area contributed by atoms with Gasteiger partial charge in [-0.2, -0.15) is 0 Å². The smallest absolute Gasteiger partial charge is 0.241 e. The number of carbonyl (C=O) groups is 1. The van der Waals surface area contributed by atoms with Crippen LogP contribution in [0.15, 0.2) is 0 Å². The van der Waals surface area contributed by atoms with Gasteiger partial charge < -0.3 is 4.90 Å². The maximum atomic E-state index is 12.5. The standard InChI is InChI=1S/C15H28N2O/c1-5-6-7-12-15(18)17(13-9-11(13)4)14(16-12)8-10(2)3/h10-14,16H,5-9H2,1-4H3. The van der Waals surface area contributed by atoms with E-state index in [4.69, 9.17) is 0 Å². The molecule has 0 bridgehead atoms. The topological polar surface area (TPSA) is 32.3 Å². The monoisotopic (exact) mass is 252 g/mol. The molecule has 1 saturated carbocycles. The average molecular weight is 252 g/mol. The lowest BCUT2D eigenvalue weighted by atomic mass is 10.1. The molecule has 18 heavy (non-hydrogen) atoms. The van der Waals surface area contributed by atoms with Crippen molar-refractivity contribution in [3.05, 3.63) is 0 Å². The van der Waals surface area contributed by atoms with Gasteiger partial charge in [-0.1, -0.05) is 40.5 Å². The second-order valence-corrected chi connectivity index (χ2v) is 6.53. The van der Waals surface area contributed by atoms with Crippen LogP contribution in [-0.4, -0.2) is 29.1 Å². The Labute approximate surface area is 111 Å². The largest absolute Gasteiger partial charge is 0.323 e. The summed E-state index contributed by atoms with van der Waals surface area (Å²) in [6.45, 7) is 8.91. The summed E-state index contributed by atoms with van der Waals surface area (Å²) in [5.74, 6) is 1.70. The summed E-state index contributed by atoms with van der Waals surface area (Å²) >= 11 is 0.